The number of hydrogen-bond donors (Lipinski definition) is 0. The van der Waals surface area contributed by atoms with Gasteiger partial charge in [0.15, 0.2) is 0 Å². The van der Waals surface area contributed by atoms with Gasteiger partial charge in [-0.05, 0) is 40.6 Å². The van der Waals surface area contributed by atoms with Crippen LogP contribution < -0.4 is 0 Å². The van der Waals surface area contributed by atoms with Crippen LogP contribution in [-0.4, -0.2) is 15.0 Å². The highest BCUT2D eigenvalue weighted by molar-refractivity contribution is 7.26. The molecule has 8 aromatic carbocycles. The summed E-state index contributed by atoms with van der Waals surface area (Å²) in [5.74, 6) is 0. The Labute approximate surface area is 332 Å². The molecule has 0 atom stereocenters. The molecular formula is C53H31N3S. The van der Waals surface area contributed by atoms with Crippen LogP contribution in [-0.2, 0) is 0 Å². The molecule has 4 heterocycles. The van der Waals surface area contributed by atoms with Gasteiger partial charge in [-0.2, -0.15) is 0 Å². The van der Waals surface area contributed by atoms with Gasteiger partial charge in [-0.25, -0.2) is 15.0 Å². The van der Waals surface area contributed by atoms with Crippen molar-refractivity contribution < 1.29 is 0 Å². The Balaban J connectivity index is 1.06. The van der Waals surface area contributed by atoms with Crippen molar-refractivity contribution >= 4 is 85.8 Å². The summed E-state index contributed by atoms with van der Waals surface area (Å²) in [6.07, 6.45) is 0. The lowest BCUT2D eigenvalue weighted by Crippen LogP contribution is -1.92. The summed E-state index contributed by atoms with van der Waals surface area (Å²) in [7, 11) is 0. The zero-order chi connectivity index (χ0) is 37.5. The number of aromatic nitrogens is 3. The number of hydrogen-bond acceptors (Lipinski definition) is 4. The maximum absolute atomic E-state index is 5.36. The first-order chi connectivity index (χ1) is 28.3. The molecule has 264 valence electrons. The molecule has 4 heteroatoms. The van der Waals surface area contributed by atoms with Crippen LogP contribution in [0.1, 0.15) is 0 Å². The van der Waals surface area contributed by atoms with Crippen molar-refractivity contribution in [1.82, 2.24) is 15.0 Å². The van der Waals surface area contributed by atoms with E-state index in [-0.39, 0.29) is 0 Å². The first kappa shape index (κ1) is 32.0. The Hall–Kier alpha value is -7.27. The molecule has 0 fully saturated rings. The summed E-state index contributed by atoms with van der Waals surface area (Å²) < 4.78 is 2.56. The van der Waals surface area contributed by atoms with Gasteiger partial charge in [-0.3, -0.25) is 0 Å². The van der Waals surface area contributed by atoms with Crippen molar-refractivity contribution in [1.29, 1.82) is 0 Å². The summed E-state index contributed by atoms with van der Waals surface area (Å²) in [5, 5.41) is 10.7. The number of thiophene rings is 1. The summed E-state index contributed by atoms with van der Waals surface area (Å²) in [6.45, 7) is 0. The Morgan fingerprint density at radius 3 is 1.70 bits per heavy atom. The van der Waals surface area contributed by atoms with E-state index >= 15 is 0 Å². The first-order valence-electron chi connectivity index (χ1n) is 19.3. The maximum atomic E-state index is 5.36. The molecule has 57 heavy (non-hydrogen) atoms. The van der Waals surface area contributed by atoms with Crippen LogP contribution >= 0.6 is 11.3 Å². The molecular weight excluding hydrogens is 711 g/mol. The van der Waals surface area contributed by atoms with Crippen LogP contribution in [0.5, 0.6) is 0 Å². The van der Waals surface area contributed by atoms with Crippen molar-refractivity contribution in [3.8, 4) is 44.9 Å². The van der Waals surface area contributed by atoms with Crippen LogP contribution in [0, 0.1) is 0 Å². The van der Waals surface area contributed by atoms with Gasteiger partial charge < -0.3 is 0 Å². The molecule has 0 saturated heterocycles. The molecule has 12 aromatic rings. The Kier molecular flexibility index (Phi) is 7.10. The van der Waals surface area contributed by atoms with E-state index in [9.17, 15) is 0 Å². The molecule has 3 nitrogen and oxygen atoms in total. The third kappa shape index (κ3) is 5.01. The highest BCUT2D eigenvalue weighted by Crippen LogP contribution is 2.47. The predicted molar refractivity (Wildman–Crippen MR) is 242 cm³/mol. The van der Waals surface area contributed by atoms with Gasteiger partial charge in [-0.15, -0.1) is 11.3 Å². The quantitative estimate of drug-likeness (QED) is 0.169. The Morgan fingerprint density at radius 2 is 0.930 bits per heavy atom. The van der Waals surface area contributed by atoms with E-state index in [1.807, 2.05) is 17.4 Å². The minimum absolute atomic E-state index is 0.913. The van der Waals surface area contributed by atoms with E-state index in [0.717, 1.165) is 61.1 Å². The van der Waals surface area contributed by atoms with Gasteiger partial charge in [0.25, 0.3) is 0 Å². The van der Waals surface area contributed by atoms with Crippen LogP contribution in [0.15, 0.2) is 188 Å². The Morgan fingerprint density at radius 1 is 0.333 bits per heavy atom. The highest BCUT2D eigenvalue weighted by atomic mass is 32.1. The molecule has 0 N–H and O–H groups in total. The molecule has 0 spiro atoms. The number of benzene rings is 8. The average Bonchev–Trinajstić information content (AvgIpc) is 3.68. The second-order valence-electron chi connectivity index (χ2n) is 14.7. The SMILES string of the molecule is c1ccc(-c2ccc3ccc4ccc(-c5ccc(-c6cccc7c6sc6ccc8c(-c9ccccc9)nc9ccccc9c8c67)c6ccccc56)nc4c3n2)cc1. The average molecular weight is 742 g/mol. The number of fused-ring (bicyclic) bond motifs is 11. The summed E-state index contributed by atoms with van der Waals surface area (Å²) in [6, 6.07) is 67.1. The van der Waals surface area contributed by atoms with Crippen molar-refractivity contribution in [2.45, 2.75) is 0 Å². The van der Waals surface area contributed by atoms with Gasteiger partial charge in [0.05, 0.1) is 33.6 Å². The predicted octanol–water partition coefficient (Wildman–Crippen LogP) is 14.7. The monoisotopic (exact) mass is 741 g/mol. The van der Waals surface area contributed by atoms with E-state index in [1.165, 1.54) is 58.2 Å². The lowest BCUT2D eigenvalue weighted by molar-refractivity contribution is 1.37. The fraction of sp³-hybridized carbons (Fsp3) is 0. The molecule has 0 amide bonds. The zero-order valence-corrected chi connectivity index (χ0v) is 31.5. The first-order valence-corrected chi connectivity index (χ1v) is 20.1. The third-order valence-electron chi connectivity index (χ3n) is 11.5. The van der Waals surface area contributed by atoms with Crippen LogP contribution in [0.3, 0.4) is 0 Å². The lowest BCUT2D eigenvalue weighted by Gasteiger charge is -2.13. The highest BCUT2D eigenvalue weighted by Gasteiger charge is 2.20. The van der Waals surface area contributed by atoms with E-state index in [0.29, 0.717) is 0 Å². The summed E-state index contributed by atoms with van der Waals surface area (Å²) >= 11 is 1.88. The van der Waals surface area contributed by atoms with E-state index in [2.05, 4.69) is 182 Å². The van der Waals surface area contributed by atoms with Gasteiger partial charge in [-0.1, -0.05) is 164 Å². The Bertz CT molecular complexity index is 3570. The molecule has 0 unspecified atom stereocenters. The summed E-state index contributed by atoms with van der Waals surface area (Å²) in [5.41, 5.74) is 11.5. The van der Waals surface area contributed by atoms with Crippen molar-refractivity contribution in [2.75, 3.05) is 0 Å². The molecule has 0 aliphatic carbocycles. The molecule has 0 saturated carbocycles. The fourth-order valence-electron chi connectivity index (χ4n) is 8.80. The minimum atomic E-state index is 0.913. The van der Waals surface area contributed by atoms with E-state index < -0.39 is 0 Å². The van der Waals surface area contributed by atoms with E-state index in [1.54, 1.807) is 0 Å². The number of para-hydroxylation sites is 1. The molecule has 4 aromatic heterocycles. The molecule has 0 bridgehead atoms. The smallest absolute Gasteiger partial charge is 0.0972 e. The second-order valence-corrected chi connectivity index (χ2v) is 15.7. The molecule has 0 aliphatic heterocycles. The van der Waals surface area contributed by atoms with Gasteiger partial charge in [0.1, 0.15) is 0 Å². The minimum Gasteiger partial charge on any atom is -0.247 e. The van der Waals surface area contributed by atoms with Crippen LogP contribution in [0.25, 0.3) is 119 Å². The van der Waals surface area contributed by atoms with Crippen molar-refractivity contribution in [2.24, 2.45) is 0 Å². The van der Waals surface area contributed by atoms with Crippen molar-refractivity contribution in [3.63, 3.8) is 0 Å². The maximum Gasteiger partial charge on any atom is 0.0972 e. The van der Waals surface area contributed by atoms with Gasteiger partial charge >= 0.3 is 0 Å². The zero-order valence-electron chi connectivity index (χ0n) is 30.6. The summed E-state index contributed by atoms with van der Waals surface area (Å²) in [4.78, 5) is 15.7. The largest absolute Gasteiger partial charge is 0.247 e. The normalized spacial score (nSPS) is 11.9. The lowest BCUT2D eigenvalue weighted by atomic mass is 9.92. The number of rotatable bonds is 4. The van der Waals surface area contributed by atoms with Gasteiger partial charge in [0.2, 0.25) is 0 Å². The second kappa shape index (κ2) is 12.6. The molecule has 0 radical (unpaired) electrons. The van der Waals surface area contributed by atoms with Gasteiger partial charge in [0, 0.05) is 69.4 Å². The van der Waals surface area contributed by atoms with Crippen molar-refractivity contribution in [3.05, 3.63) is 188 Å². The third-order valence-corrected chi connectivity index (χ3v) is 12.7. The molecule has 0 aliphatic rings. The topological polar surface area (TPSA) is 38.7 Å². The van der Waals surface area contributed by atoms with E-state index in [4.69, 9.17) is 15.0 Å². The number of pyridine rings is 3. The fourth-order valence-corrected chi connectivity index (χ4v) is 10.0. The van der Waals surface area contributed by atoms with Crippen LogP contribution in [0.2, 0.25) is 0 Å². The van der Waals surface area contributed by atoms with Crippen LogP contribution in [0.4, 0.5) is 0 Å². The number of nitrogens with zero attached hydrogens (tertiary/aromatic N) is 3. The standard InChI is InChI=1S/C53H31N3S/c1-3-12-32(13-4-1)44-29-24-34-22-23-35-25-30-46(56-52(35)51(34)54-44)39-27-26-38(36-16-7-8-17-37(36)39)40-19-11-20-43-49-47(57-53(40)43)31-28-42-48(49)41-18-9-10-21-45(41)55-50(42)33-14-5-2-6-15-33/h1-31H. The molecule has 12 rings (SSSR count).